The van der Waals surface area contributed by atoms with Crippen molar-refractivity contribution in [1.29, 1.82) is 0 Å². The minimum atomic E-state index is -0.0466. The topological polar surface area (TPSA) is 26.2 Å². The lowest BCUT2D eigenvalue weighted by Gasteiger charge is -2.22. The van der Waals surface area contributed by atoms with Crippen LogP contribution in [0.5, 0.6) is 0 Å². The smallest absolute Gasteiger partial charge is 0.0639 e. The van der Waals surface area contributed by atoms with E-state index in [-0.39, 0.29) is 5.60 Å². The zero-order chi connectivity index (χ0) is 14.3. The second-order valence-corrected chi connectivity index (χ2v) is 5.81. The van der Waals surface area contributed by atoms with Gasteiger partial charge >= 0.3 is 0 Å². The van der Waals surface area contributed by atoms with E-state index >= 15 is 0 Å². The van der Waals surface area contributed by atoms with Crippen LogP contribution in [0.1, 0.15) is 58.6 Å². The molecule has 0 aliphatic heterocycles. The zero-order valence-corrected chi connectivity index (χ0v) is 13.2. The summed E-state index contributed by atoms with van der Waals surface area (Å²) in [6.07, 6.45) is 7.78. The normalized spacial score (nSPS) is 13.7. The summed E-state index contributed by atoms with van der Waals surface area (Å²) in [6, 6.07) is 2.72. The summed E-state index contributed by atoms with van der Waals surface area (Å²) in [4.78, 5) is 0. The maximum Gasteiger partial charge on any atom is 0.0639 e. The minimum absolute atomic E-state index is 0.0466. The molecule has 1 aromatic rings. The monoisotopic (exact) mass is 266 g/mol. The Morgan fingerprint density at radius 2 is 2.11 bits per heavy atom. The first-order chi connectivity index (χ1) is 9.02. The van der Waals surface area contributed by atoms with E-state index in [0.717, 1.165) is 25.9 Å². The van der Waals surface area contributed by atoms with Gasteiger partial charge in [0.1, 0.15) is 0 Å². The first-order valence-electron chi connectivity index (χ1n) is 7.46. The van der Waals surface area contributed by atoms with Crippen molar-refractivity contribution in [1.82, 2.24) is 9.88 Å². The molecule has 0 aliphatic rings. The van der Waals surface area contributed by atoms with E-state index in [9.17, 15) is 0 Å². The molecule has 0 amide bonds. The van der Waals surface area contributed by atoms with E-state index in [1.165, 1.54) is 12.0 Å². The van der Waals surface area contributed by atoms with Gasteiger partial charge in [0.05, 0.1) is 5.60 Å². The highest BCUT2D eigenvalue weighted by Crippen LogP contribution is 2.19. The second kappa shape index (κ2) is 7.71. The molecule has 0 saturated carbocycles. The highest BCUT2D eigenvalue weighted by molar-refractivity contribution is 5.15. The van der Waals surface area contributed by atoms with Crippen LogP contribution in [0.4, 0.5) is 0 Å². The molecule has 0 aliphatic carbocycles. The average Bonchev–Trinajstić information content (AvgIpc) is 2.86. The maximum absolute atomic E-state index is 5.46. The Kier molecular flexibility index (Phi) is 6.59. The van der Waals surface area contributed by atoms with Crippen LogP contribution in [0.3, 0.4) is 0 Å². The summed E-state index contributed by atoms with van der Waals surface area (Å²) < 4.78 is 7.73. The van der Waals surface area contributed by atoms with Gasteiger partial charge in [-0.1, -0.05) is 13.8 Å². The quantitative estimate of drug-likeness (QED) is 0.736. The summed E-state index contributed by atoms with van der Waals surface area (Å²) in [5.74, 6) is 0. The number of aromatic nitrogens is 1. The second-order valence-electron chi connectivity index (χ2n) is 5.81. The molecule has 1 atom stereocenters. The number of ether oxygens (including phenoxy) is 1. The molecule has 1 rings (SSSR count). The standard InChI is InChI=1S/C16H30N2O/c1-6-10-17-15(7-2)14-8-11-18(13-14)12-9-16(3,4)19-5/h8,11,13,15,17H,6-7,9-10,12H2,1-5H3. The third kappa shape index (κ3) is 5.37. The first kappa shape index (κ1) is 16.3. The van der Waals surface area contributed by atoms with Gasteiger partial charge in [0, 0.05) is 32.1 Å². The number of aryl methyl sites for hydroxylation is 1. The fourth-order valence-electron chi connectivity index (χ4n) is 2.12. The summed E-state index contributed by atoms with van der Waals surface area (Å²) in [5.41, 5.74) is 1.35. The SMILES string of the molecule is CCCNC(CC)c1ccn(CCC(C)(C)OC)c1. The number of hydrogen-bond donors (Lipinski definition) is 1. The molecule has 0 fully saturated rings. The Morgan fingerprint density at radius 3 is 2.68 bits per heavy atom. The molecule has 1 aromatic heterocycles. The molecule has 3 heteroatoms. The predicted octanol–water partition coefficient (Wildman–Crippen LogP) is 3.75. The summed E-state index contributed by atoms with van der Waals surface area (Å²) in [7, 11) is 1.78. The van der Waals surface area contributed by atoms with Gasteiger partial charge in [-0.15, -0.1) is 0 Å². The number of nitrogens with zero attached hydrogens (tertiary/aromatic N) is 1. The summed E-state index contributed by atoms with van der Waals surface area (Å²) in [6.45, 7) is 10.8. The van der Waals surface area contributed by atoms with Crippen LogP contribution < -0.4 is 5.32 Å². The van der Waals surface area contributed by atoms with Gasteiger partial charge in [-0.2, -0.15) is 0 Å². The molecule has 1 heterocycles. The van der Waals surface area contributed by atoms with Gasteiger partial charge in [0.15, 0.2) is 0 Å². The van der Waals surface area contributed by atoms with Crippen molar-refractivity contribution in [2.75, 3.05) is 13.7 Å². The minimum Gasteiger partial charge on any atom is -0.379 e. The van der Waals surface area contributed by atoms with Crippen LogP contribution in [0, 0.1) is 0 Å². The van der Waals surface area contributed by atoms with Crippen LogP contribution in [-0.2, 0) is 11.3 Å². The van der Waals surface area contributed by atoms with E-state index < -0.39 is 0 Å². The molecular formula is C16H30N2O. The number of rotatable bonds is 9. The van der Waals surface area contributed by atoms with Gasteiger partial charge in [0.25, 0.3) is 0 Å². The van der Waals surface area contributed by atoms with Crippen LogP contribution in [0.15, 0.2) is 18.5 Å². The Labute approximate surface area is 118 Å². The highest BCUT2D eigenvalue weighted by atomic mass is 16.5. The van der Waals surface area contributed by atoms with Crippen molar-refractivity contribution in [3.63, 3.8) is 0 Å². The van der Waals surface area contributed by atoms with Crippen LogP contribution >= 0.6 is 0 Å². The molecule has 0 radical (unpaired) electrons. The molecule has 1 unspecified atom stereocenters. The lowest BCUT2D eigenvalue weighted by atomic mass is 10.1. The van der Waals surface area contributed by atoms with Crippen molar-refractivity contribution in [3.05, 3.63) is 24.0 Å². The van der Waals surface area contributed by atoms with Gasteiger partial charge in [-0.05, 0) is 51.3 Å². The molecule has 0 aromatic carbocycles. The molecule has 19 heavy (non-hydrogen) atoms. The van der Waals surface area contributed by atoms with Gasteiger partial charge < -0.3 is 14.6 Å². The number of nitrogens with one attached hydrogen (secondary N) is 1. The molecule has 0 bridgehead atoms. The fourth-order valence-corrected chi connectivity index (χ4v) is 2.12. The van der Waals surface area contributed by atoms with E-state index in [1.807, 2.05) is 0 Å². The molecule has 0 saturated heterocycles. The van der Waals surface area contributed by atoms with Crippen LogP contribution in [0.25, 0.3) is 0 Å². The Morgan fingerprint density at radius 1 is 1.37 bits per heavy atom. The molecule has 1 N–H and O–H groups in total. The third-order valence-electron chi connectivity index (χ3n) is 3.75. The average molecular weight is 266 g/mol. The molecule has 0 spiro atoms. The van der Waals surface area contributed by atoms with Crippen molar-refractivity contribution >= 4 is 0 Å². The van der Waals surface area contributed by atoms with Crippen molar-refractivity contribution < 1.29 is 4.74 Å². The Balaban J connectivity index is 2.55. The van der Waals surface area contributed by atoms with Crippen molar-refractivity contribution in [2.45, 2.75) is 65.1 Å². The fraction of sp³-hybridized carbons (Fsp3) is 0.750. The van der Waals surface area contributed by atoms with E-state index in [0.29, 0.717) is 6.04 Å². The molecular weight excluding hydrogens is 236 g/mol. The van der Waals surface area contributed by atoms with E-state index in [2.05, 4.69) is 56.0 Å². The van der Waals surface area contributed by atoms with Gasteiger partial charge in [0.2, 0.25) is 0 Å². The third-order valence-corrected chi connectivity index (χ3v) is 3.75. The first-order valence-corrected chi connectivity index (χ1v) is 7.46. The van der Waals surface area contributed by atoms with Crippen molar-refractivity contribution in [3.8, 4) is 0 Å². The zero-order valence-electron chi connectivity index (χ0n) is 13.2. The summed E-state index contributed by atoms with van der Waals surface area (Å²) in [5, 5.41) is 3.59. The number of hydrogen-bond acceptors (Lipinski definition) is 2. The van der Waals surface area contributed by atoms with Gasteiger partial charge in [-0.3, -0.25) is 0 Å². The van der Waals surface area contributed by atoms with Crippen molar-refractivity contribution in [2.24, 2.45) is 0 Å². The van der Waals surface area contributed by atoms with Gasteiger partial charge in [-0.25, -0.2) is 0 Å². The van der Waals surface area contributed by atoms with Crippen LogP contribution in [-0.4, -0.2) is 23.8 Å². The largest absolute Gasteiger partial charge is 0.379 e. The number of methoxy groups -OCH3 is 1. The Bertz CT molecular complexity index is 357. The Hall–Kier alpha value is -0.800. The lowest BCUT2D eigenvalue weighted by molar-refractivity contribution is 0.0120. The summed E-state index contributed by atoms with van der Waals surface area (Å²) >= 11 is 0. The van der Waals surface area contributed by atoms with E-state index in [1.54, 1.807) is 7.11 Å². The highest BCUT2D eigenvalue weighted by Gasteiger charge is 2.16. The molecule has 3 nitrogen and oxygen atoms in total. The van der Waals surface area contributed by atoms with E-state index in [4.69, 9.17) is 4.74 Å². The van der Waals surface area contributed by atoms with Crippen LogP contribution in [0.2, 0.25) is 0 Å². The lowest BCUT2D eigenvalue weighted by Crippen LogP contribution is -2.24. The maximum atomic E-state index is 5.46. The predicted molar refractivity (Wildman–Crippen MR) is 81.5 cm³/mol. The molecule has 110 valence electrons.